The van der Waals surface area contributed by atoms with Gasteiger partial charge in [-0.2, -0.15) is 0 Å². The number of nitrogens with zero attached hydrogens (tertiary/aromatic N) is 2. The molecule has 18 heavy (non-hydrogen) atoms. The van der Waals surface area contributed by atoms with Crippen molar-refractivity contribution in [3.05, 3.63) is 0 Å². The fourth-order valence-electron chi connectivity index (χ4n) is 1.42. The predicted octanol–water partition coefficient (Wildman–Crippen LogP) is -1.14. The number of carboxylic acid groups (broad SMARTS) is 3. The summed E-state index contributed by atoms with van der Waals surface area (Å²) in [5.74, 6) is -3.20. The zero-order valence-electron chi connectivity index (χ0n) is 10.2. The van der Waals surface area contributed by atoms with E-state index in [1.807, 2.05) is 0 Å². The third-order valence-corrected chi connectivity index (χ3v) is 2.26. The van der Waals surface area contributed by atoms with Crippen LogP contribution < -0.4 is 0 Å². The average Bonchev–Trinajstić information content (AvgIpc) is 2.21. The lowest BCUT2D eigenvalue weighted by atomic mass is 10.4. The van der Waals surface area contributed by atoms with E-state index in [1.165, 1.54) is 4.90 Å². The first-order valence-corrected chi connectivity index (χ1v) is 5.45. The Hall–Kier alpha value is -1.67. The van der Waals surface area contributed by atoms with Gasteiger partial charge in [-0.25, -0.2) is 0 Å². The van der Waals surface area contributed by atoms with Crippen LogP contribution in [0.15, 0.2) is 0 Å². The molecule has 0 rings (SSSR count). The fourth-order valence-corrected chi connectivity index (χ4v) is 1.42. The van der Waals surface area contributed by atoms with Gasteiger partial charge in [-0.1, -0.05) is 6.92 Å². The molecule has 0 aromatic carbocycles. The molecule has 0 fully saturated rings. The van der Waals surface area contributed by atoms with Crippen molar-refractivity contribution in [1.29, 1.82) is 0 Å². The number of rotatable bonds is 10. The quantitative estimate of drug-likeness (QED) is 0.452. The lowest BCUT2D eigenvalue weighted by Gasteiger charge is -2.23. The van der Waals surface area contributed by atoms with E-state index in [-0.39, 0.29) is 26.2 Å². The van der Waals surface area contributed by atoms with Crippen molar-refractivity contribution >= 4 is 17.9 Å². The lowest BCUT2D eigenvalue weighted by molar-refractivity contribution is -0.143. The number of carbonyl (C=O) groups is 3. The van der Waals surface area contributed by atoms with Gasteiger partial charge in [0.05, 0.1) is 19.6 Å². The maximum atomic E-state index is 10.5. The molecule has 0 aliphatic rings. The molecule has 0 spiro atoms. The maximum Gasteiger partial charge on any atom is 0.317 e. The normalized spacial score (nSPS) is 10.8. The first-order valence-electron chi connectivity index (χ1n) is 5.45. The molecule has 0 radical (unpaired) electrons. The second-order valence-corrected chi connectivity index (χ2v) is 3.76. The van der Waals surface area contributed by atoms with Gasteiger partial charge in [-0.3, -0.25) is 24.2 Å². The Morgan fingerprint density at radius 2 is 1.11 bits per heavy atom. The zero-order chi connectivity index (χ0) is 14.1. The van der Waals surface area contributed by atoms with Crippen LogP contribution >= 0.6 is 0 Å². The van der Waals surface area contributed by atoms with E-state index < -0.39 is 17.9 Å². The van der Waals surface area contributed by atoms with Crippen molar-refractivity contribution in [2.75, 3.05) is 39.3 Å². The Bertz CT molecular complexity index is 291. The van der Waals surface area contributed by atoms with Crippen molar-refractivity contribution in [2.24, 2.45) is 0 Å². The highest BCUT2D eigenvalue weighted by Crippen LogP contribution is 1.93. The molecule has 8 heteroatoms. The summed E-state index contributed by atoms with van der Waals surface area (Å²) >= 11 is 0. The van der Waals surface area contributed by atoms with Crippen molar-refractivity contribution in [2.45, 2.75) is 6.92 Å². The van der Waals surface area contributed by atoms with Crippen LogP contribution in [-0.4, -0.2) is 82.3 Å². The van der Waals surface area contributed by atoms with E-state index in [2.05, 4.69) is 0 Å². The van der Waals surface area contributed by atoms with Crippen LogP contribution in [0.5, 0.6) is 0 Å². The first kappa shape index (κ1) is 16.3. The molecule has 0 amide bonds. The molecule has 0 aliphatic heterocycles. The topological polar surface area (TPSA) is 118 Å². The van der Waals surface area contributed by atoms with Crippen LogP contribution in [0.1, 0.15) is 6.92 Å². The van der Waals surface area contributed by atoms with Crippen molar-refractivity contribution < 1.29 is 29.7 Å². The largest absolute Gasteiger partial charge is 0.480 e. The van der Waals surface area contributed by atoms with Crippen molar-refractivity contribution in [1.82, 2.24) is 9.80 Å². The zero-order valence-corrected chi connectivity index (χ0v) is 10.2. The van der Waals surface area contributed by atoms with Gasteiger partial charge < -0.3 is 15.3 Å². The minimum Gasteiger partial charge on any atom is -0.480 e. The van der Waals surface area contributed by atoms with Gasteiger partial charge in [0, 0.05) is 13.1 Å². The molecule has 0 heterocycles. The molecule has 0 aliphatic carbocycles. The number of hydrogen-bond acceptors (Lipinski definition) is 5. The minimum atomic E-state index is -1.11. The fraction of sp³-hybridized carbons (Fsp3) is 0.700. The van der Waals surface area contributed by atoms with Crippen molar-refractivity contribution in [3.8, 4) is 0 Å². The van der Waals surface area contributed by atoms with E-state index >= 15 is 0 Å². The molecule has 3 N–H and O–H groups in total. The molecule has 0 saturated carbocycles. The molecule has 0 saturated heterocycles. The van der Waals surface area contributed by atoms with Crippen LogP contribution in [0.3, 0.4) is 0 Å². The van der Waals surface area contributed by atoms with Crippen LogP contribution in [0.4, 0.5) is 0 Å². The summed E-state index contributed by atoms with van der Waals surface area (Å²) in [5, 5.41) is 25.9. The van der Waals surface area contributed by atoms with E-state index in [0.29, 0.717) is 13.1 Å². The molecule has 8 nitrogen and oxygen atoms in total. The molecular weight excluding hydrogens is 244 g/mol. The molecular formula is C10H18N2O6. The van der Waals surface area contributed by atoms with Gasteiger partial charge in [-0.05, 0) is 6.54 Å². The van der Waals surface area contributed by atoms with Gasteiger partial charge in [0.2, 0.25) is 0 Å². The molecule has 0 bridgehead atoms. The predicted molar refractivity (Wildman–Crippen MR) is 61.5 cm³/mol. The summed E-state index contributed by atoms with van der Waals surface area (Å²) in [6, 6.07) is 0. The molecule has 0 aromatic rings. The number of carboxylic acids is 3. The third kappa shape index (κ3) is 8.48. The van der Waals surface area contributed by atoms with Gasteiger partial charge in [0.25, 0.3) is 0 Å². The molecule has 0 atom stereocenters. The summed E-state index contributed by atoms with van der Waals surface area (Å²) in [5.41, 5.74) is 0. The Morgan fingerprint density at radius 1 is 0.778 bits per heavy atom. The Balaban J connectivity index is 4.25. The van der Waals surface area contributed by atoms with E-state index in [0.717, 1.165) is 0 Å². The Labute approximate surface area is 104 Å². The van der Waals surface area contributed by atoms with E-state index in [9.17, 15) is 14.4 Å². The van der Waals surface area contributed by atoms with Gasteiger partial charge in [0.15, 0.2) is 0 Å². The second-order valence-electron chi connectivity index (χ2n) is 3.76. The SMILES string of the molecule is CCN(CCN(CC(=O)O)CC(=O)O)CC(=O)O. The second kappa shape index (κ2) is 8.43. The highest BCUT2D eigenvalue weighted by Gasteiger charge is 2.15. The Kier molecular flexibility index (Phi) is 7.64. The number of likely N-dealkylation sites (N-methyl/N-ethyl adjacent to an activating group) is 1. The standard InChI is InChI=1S/C10H18N2O6/c1-2-11(5-8(13)14)3-4-12(6-9(15)16)7-10(17)18/h2-7H2,1H3,(H,13,14)(H,15,16)(H,17,18). The van der Waals surface area contributed by atoms with Crippen LogP contribution in [-0.2, 0) is 14.4 Å². The summed E-state index contributed by atoms with van der Waals surface area (Å²) in [4.78, 5) is 34.4. The van der Waals surface area contributed by atoms with Gasteiger partial charge in [-0.15, -0.1) is 0 Å². The third-order valence-electron chi connectivity index (χ3n) is 2.26. The highest BCUT2D eigenvalue weighted by atomic mass is 16.4. The monoisotopic (exact) mass is 262 g/mol. The van der Waals surface area contributed by atoms with Crippen LogP contribution in [0.25, 0.3) is 0 Å². The summed E-state index contributed by atoms with van der Waals surface area (Å²) in [6.07, 6.45) is 0. The summed E-state index contributed by atoms with van der Waals surface area (Å²) < 4.78 is 0. The molecule has 0 aromatic heterocycles. The summed E-state index contributed by atoms with van der Waals surface area (Å²) in [6.45, 7) is 1.88. The molecule has 104 valence electrons. The minimum absolute atomic E-state index is 0.148. The Morgan fingerprint density at radius 3 is 1.44 bits per heavy atom. The van der Waals surface area contributed by atoms with Crippen LogP contribution in [0.2, 0.25) is 0 Å². The van der Waals surface area contributed by atoms with Crippen molar-refractivity contribution in [3.63, 3.8) is 0 Å². The first-order chi connectivity index (χ1) is 8.35. The number of hydrogen-bond donors (Lipinski definition) is 3. The average molecular weight is 262 g/mol. The van der Waals surface area contributed by atoms with E-state index in [4.69, 9.17) is 15.3 Å². The maximum absolute atomic E-state index is 10.5. The van der Waals surface area contributed by atoms with Crippen LogP contribution in [0, 0.1) is 0 Å². The number of aliphatic carboxylic acids is 3. The lowest BCUT2D eigenvalue weighted by Crippen LogP contribution is -2.41. The van der Waals surface area contributed by atoms with Gasteiger partial charge in [0.1, 0.15) is 0 Å². The van der Waals surface area contributed by atoms with E-state index in [1.54, 1.807) is 11.8 Å². The van der Waals surface area contributed by atoms with Gasteiger partial charge >= 0.3 is 17.9 Å². The summed E-state index contributed by atoms with van der Waals surface area (Å²) in [7, 11) is 0. The highest BCUT2D eigenvalue weighted by molar-refractivity contribution is 5.72. The smallest absolute Gasteiger partial charge is 0.317 e. The molecule has 0 unspecified atom stereocenters.